The summed E-state index contributed by atoms with van der Waals surface area (Å²) in [6.07, 6.45) is 1.81. The summed E-state index contributed by atoms with van der Waals surface area (Å²) in [5, 5.41) is 0. The fourth-order valence-electron chi connectivity index (χ4n) is 4.50. The molecule has 0 spiro atoms. The van der Waals surface area contributed by atoms with Crippen LogP contribution < -0.4 is 9.47 Å². The molecule has 0 aliphatic carbocycles. The highest BCUT2D eigenvalue weighted by atomic mass is 16.5. The molecule has 4 heteroatoms. The maximum Gasteiger partial charge on any atom is 0.231 e. The van der Waals surface area contributed by atoms with E-state index in [1.165, 1.54) is 5.56 Å². The molecule has 0 fully saturated rings. The molecular weight excluding hydrogens is 422 g/mol. The fourth-order valence-corrected chi connectivity index (χ4v) is 4.50. The van der Waals surface area contributed by atoms with Crippen molar-refractivity contribution in [2.75, 3.05) is 6.73 Å². The summed E-state index contributed by atoms with van der Waals surface area (Å²) in [5.74, 6) is 1.65. The number of hydrogen-bond donors (Lipinski definition) is 0. The highest BCUT2D eigenvalue weighted by molar-refractivity contribution is 6.15. The Morgan fingerprint density at radius 2 is 1.50 bits per heavy atom. The van der Waals surface area contributed by atoms with Crippen LogP contribution in [-0.2, 0) is 13.1 Å². The highest BCUT2D eigenvalue weighted by Crippen LogP contribution is 2.42. The summed E-state index contributed by atoms with van der Waals surface area (Å²) < 4.78 is 12.1. The van der Waals surface area contributed by atoms with Crippen molar-refractivity contribution in [3.8, 4) is 22.6 Å². The van der Waals surface area contributed by atoms with Gasteiger partial charge < -0.3 is 9.47 Å². The Balaban J connectivity index is 1.24. The summed E-state index contributed by atoms with van der Waals surface area (Å²) in [5.41, 5.74) is 5.96. The fraction of sp³-hybridized carbons (Fsp3) is 0.100. The number of allylic oxidation sites excluding steroid dienone is 1. The minimum absolute atomic E-state index is 0.0925. The van der Waals surface area contributed by atoms with Crippen molar-refractivity contribution in [3.63, 3.8) is 0 Å². The Labute approximate surface area is 198 Å². The van der Waals surface area contributed by atoms with Gasteiger partial charge in [-0.05, 0) is 40.5 Å². The number of ether oxygens (including phenoxy) is 2. The molecular formula is C30H23NO3. The molecule has 0 amide bonds. The van der Waals surface area contributed by atoms with Crippen LogP contribution in [0.1, 0.15) is 27.0 Å². The summed E-state index contributed by atoms with van der Waals surface area (Å²) >= 11 is 0. The number of Topliss-reactive ketones (excluding diaryl/α,β-unsaturated/α-hetero) is 1. The molecule has 0 unspecified atom stereocenters. The molecule has 0 aromatic heterocycles. The first-order valence-electron chi connectivity index (χ1n) is 11.4. The third kappa shape index (κ3) is 3.89. The summed E-state index contributed by atoms with van der Waals surface area (Å²) in [6.45, 7) is 1.94. The Bertz CT molecular complexity index is 1380. The van der Waals surface area contributed by atoms with E-state index in [0.717, 1.165) is 34.5 Å². The van der Waals surface area contributed by atoms with Crippen LogP contribution in [0.5, 0.6) is 11.5 Å². The number of nitrogens with zero attached hydrogens (tertiary/aromatic N) is 1. The predicted molar refractivity (Wildman–Crippen MR) is 132 cm³/mol. The number of fused-ring (bicyclic) bond motifs is 3. The van der Waals surface area contributed by atoms with Crippen molar-refractivity contribution in [1.29, 1.82) is 0 Å². The lowest BCUT2D eigenvalue weighted by Crippen LogP contribution is -2.31. The highest BCUT2D eigenvalue weighted by Gasteiger charge is 2.33. The molecule has 0 bridgehead atoms. The molecule has 166 valence electrons. The zero-order chi connectivity index (χ0) is 22.9. The van der Waals surface area contributed by atoms with Crippen LogP contribution in [0.15, 0.2) is 103 Å². The van der Waals surface area contributed by atoms with Crippen molar-refractivity contribution >= 4 is 11.9 Å². The largest absolute Gasteiger partial charge is 0.478 e. The molecule has 4 nitrogen and oxygen atoms in total. The van der Waals surface area contributed by atoms with Gasteiger partial charge in [0.1, 0.15) is 18.2 Å². The van der Waals surface area contributed by atoms with Crippen LogP contribution in [-0.4, -0.2) is 17.4 Å². The molecule has 0 saturated carbocycles. The van der Waals surface area contributed by atoms with Crippen LogP contribution >= 0.6 is 0 Å². The number of ketones is 1. The third-order valence-corrected chi connectivity index (χ3v) is 6.25. The molecule has 2 aliphatic rings. The number of carbonyl (C=O) groups is 1. The number of carbonyl (C=O) groups excluding carboxylic acids is 1. The van der Waals surface area contributed by atoms with E-state index < -0.39 is 0 Å². The second-order valence-corrected chi connectivity index (χ2v) is 8.59. The molecule has 2 aliphatic heterocycles. The van der Waals surface area contributed by atoms with E-state index in [4.69, 9.17) is 9.47 Å². The van der Waals surface area contributed by atoms with Gasteiger partial charge in [-0.25, -0.2) is 0 Å². The van der Waals surface area contributed by atoms with Crippen LogP contribution in [0.3, 0.4) is 0 Å². The van der Waals surface area contributed by atoms with Gasteiger partial charge in [0, 0.05) is 13.1 Å². The van der Waals surface area contributed by atoms with Gasteiger partial charge in [0.05, 0.1) is 11.1 Å². The summed E-state index contributed by atoms with van der Waals surface area (Å²) in [7, 11) is 0. The number of hydrogen-bond acceptors (Lipinski definition) is 4. The normalized spacial score (nSPS) is 16.0. The molecule has 0 radical (unpaired) electrons. The Hall–Kier alpha value is -4.15. The van der Waals surface area contributed by atoms with E-state index in [-0.39, 0.29) is 5.78 Å². The average molecular weight is 446 g/mol. The molecule has 0 N–H and O–H groups in total. The minimum atomic E-state index is -0.0925. The summed E-state index contributed by atoms with van der Waals surface area (Å²) in [4.78, 5) is 15.3. The second kappa shape index (κ2) is 8.65. The standard InChI is InChI=1S/C30H23NO3/c32-29-25-15-16-27-26(19-31(20-33-27)18-22-7-3-1-4-8-22)30(25)34-28(29)17-21-11-13-24(14-12-21)23-9-5-2-6-10-23/h1-17H,18-20H2/b28-17-. The van der Waals surface area contributed by atoms with Gasteiger partial charge in [-0.3, -0.25) is 9.69 Å². The Morgan fingerprint density at radius 1 is 0.794 bits per heavy atom. The van der Waals surface area contributed by atoms with Crippen molar-refractivity contribution in [2.45, 2.75) is 13.1 Å². The number of benzene rings is 4. The van der Waals surface area contributed by atoms with Gasteiger partial charge in [-0.1, -0.05) is 84.9 Å². The lowest BCUT2D eigenvalue weighted by atomic mass is 10.0. The van der Waals surface area contributed by atoms with E-state index in [1.54, 1.807) is 0 Å². The van der Waals surface area contributed by atoms with Gasteiger partial charge in [0.2, 0.25) is 5.78 Å². The smallest absolute Gasteiger partial charge is 0.231 e. The first-order valence-corrected chi connectivity index (χ1v) is 11.4. The van der Waals surface area contributed by atoms with Crippen LogP contribution in [0.25, 0.3) is 17.2 Å². The molecule has 4 aromatic carbocycles. The van der Waals surface area contributed by atoms with E-state index >= 15 is 0 Å². The van der Waals surface area contributed by atoms with E-state index in [9.17, 15) is 4.79 Å². The SMILES string of the molecule is O=C1/C(=C/c2ccc(-c3ccccc3)cc2)Oc2c1ccc1c2CN(Cc2ccccc2)CO1. The van der Waals surface area contributed by atoms with E-state index in [0.29, 0.717) is 30.3 Å². The van der Waals surface area contributed by atoms with Gasteiger partial charge in [0.25, 0.3) is 0 Å². The minimum Gasteiger partial charge on any atom is -0.478 e. The molecule has 0 saturated heterocycles. The van der Waals surface area contributed by atoms with Gasteiger partial charge in [0.15, 0.2) is 5.76 Å². The first kappa shape index (κ1) is 20.5. The predicted octanol–water partition coefficient (Wildman–Crippen LogP) is 6.32. The zero-order valence-electron chi connectivity index (χ0n) is 18.6. The Kier molecular flexibility index (Phi) is 5.21. The molecule has 2 heterocycles. The number of rotatable bonds is 4. The third-order valence-electron chi connectivity index (χ3n) is 6.25. The molecule has 0 atom stereocenters. The van der Waals surface area contributed by atoms with Gasteiger partial charge in [-0.2, -0.15) is 0 Å². The maximum absolute atomic E-state index is 13.1. The quantitative estimate of drug-likeness (QED) is 0.345. The molecule has 4 aromatic rings. The topological polar surface area (TPSA) is 38.8 Å². The molecule has 6 rings (SSSR count). The van der Waals surface area contributed by atoms with Crippen molar-refractivity contribution in [3.05, 3.63) is 125 Å². The lowest BCUT2D eigenvalue weighted by molar-refractivity contribution is 0.0873. The van der Waals surface area contributed by atoms with Crippen LogP contribution in [0, 0.1) is 0 Å². The van der Waals surface area contributed by atoms with Crippen LogP contribution in [0.4, 0.5) is 0 Å². The zero-order valence-corrected chi connectivity index (χ0v) is 18.6. The first-order chi connectivity index (χ1) is 16.7. The summed E-state index contributed by atoms with van der Waals surface area (Å²) in [6, 6.07) is 32.4. The van der Waals surface area contributed by atoms with Crippen LogP contribution in [0.2, 0.25) is 0 Å². The van der Waals surface area contributed by atoms with Crippen molar-refractivity contribution in [2.24, 2.45) is 0 Å². The molecule has 34 heavy (non-hydrogen) atoms. The van der Waals surface area contributed by atoms with Gasteiger partial charge in [-0.15, -0.1) is 0 Å². The van der Waals surface area contributed by atoms with Gasteiger partial charge >= 0.3 is 0 Å². The van der Waals surface area contributed by atoms with E-state index in [1.807, 2.05) is 66.7 Å². The van der Waals surface area contributed by atoms with Crippen molar-refractivity contribution in [1.82, 2.24) is 4.90 Å². The maximum atomic E-state index is 13.1. The monoisotopic (exact) mass is 445 g/mol. The average Bonchev–Trinajstić information content (AvgIpc) is 3.21. The Morgan fingerprint density at radius 3 is 2.26 bits per heavy atom. The second-order valence-electron chi connectivity index (χ2n) is 8.59. The lowest BCUT2D eigenvalue weighted by Gasteiger charge is -2.29. The van der Waals surface area contributed by atoms with Crippen molar-refractivity contribution < 1.29 is 14.3 Å². The van der Waals surface area contributed by atoms with E-state index in [2.05, 4.69) is 41.3 Å².